The Balaban J connectivity index is 1.49. The van der Waals surface area contributed by atoms with Gasteiger partial charge in [0.05, 0.1) is 28.4 Å². The topological polar surface area (TPSA) is 134 Å². The number of nitrogens with zero attached hydrogens (tertiary/aromatic N) is 1. The Bertz CT molecular complexity index is 1910. The fourth-order valence-corrected chi connectivity index (χ4v) is 10.5. The van der Waals surface area contributed by atoms with Gasteiger partial charge in [-0.2, -0.15) is 0 Å². The lowest BCUT2D eigenvalue weighted by Gasteiger charge is -2.66. The van der Waals surface area contributed by atoms with Gasteiger partial charge in [0.15, 0.2) is 28.1 Å². The van der Waals surface area contributed by atoms with Crippen LogP contribution in [0.5, 0.6) is 5.75 Å². The highest BCUT2D eigenvalue weighted by Crippen LogP contribution is 2.70. The van der Waals surface area contributed by atoms with E-state index < -0.39 is 63.2 Å². The maximum atomic E-state index is 14.8. The molecule has 1 fully saturated rings. The number of carbonyl (C=O) groups is 4. The Morgan fingerprint density at radius 2 is 1.66 bits per heavy atom. The molecule has 1 saturated carbocycles. The second kappa shape index (κ2) is 10.8. The highest BCUT2D eigenvalue weighted by molar-refractivity contribution is 7.16. The van der Waals surface area contributed by atoms with E-state index in [9.17, 15) is 29.4 Å². The number of phenols is 1. The Labute approximate surface area is 279 Å². The van der Waals surface area contributed by atoms with E-state index in [2.05, 4.69) is 5.32 Å². The molecule has 0 bridgehead atoms. The molecule has 3 aromatic rings. The van der Waals surface area contributed by atoms with Crippen LogP contribution >= 0.6 is 11.3 Å². The first-order valence-corrected chi connectivity index (χ1v) is 17.0. The Morgan fingerprint density at radius 1 is 1.02 bits per heavy atom. The number of Topliss-reactive ketones (excluding diaryl/α,β-unsaturated/α-hetero) is 4. The van der Waals surface area contributed by atoms with Crippen LogP contribution in [0.1, 0.15) is 82.1 Å². The van der Waals surface area contributed by atoms with E-state index in [-0.39, 0.29) is 28.5 Å². The molecule has 1 aromatic heterocycles. The van der Waals surface area contributed by atoms with Gasteiger partial charge in [-0.1, -0.05) is 83.5 Å². The van der Waals surface area contributed by atoms with Crippen molar-refractivity contribution in [3.05, 3.63) is 69.6 Å². The molecule has 3 aliphatic carbocycles. The quantitative estimate of drug-likeness (QED) is 0.149. The molecular weight excluding hydrogens is 612 g/mol. The Hall–Kier alpha value is -3.95. The van der Waals surface area contributed by atoms with Crippen molar-refractivity contribution >= 4 is 45.3 Å². The number of benzene rings is 2. The monoisotopic (exact) mass is 654 g/mol. The van der Waals surface area contributed by atoms with Crippen LogP contribution in [0.25, 0.3) is 11.3 Å². The number of carbonyl (C=O) groups excluding carboxylic acids is 4. The molecule has 0 spiro atoms. The number of hydrogen-bond acceptors (Lipinski definition) is 9. The zero-order valence-corrected chi connectivity index (χ0v) is 29.1. The summed E-state index contributed by atoms with van der Waals surface area (Å²) in [7, 11) is 0. The number of aryl methyl sites for hydroxylation is 1. The molecule has 9 heteroatoms. The minimum Gasteiger partial charge on any atom is -0.505 e. The van der Waals surface area contributed by atoms with Crippen molar-refractivity contribution in [3.8, 4) is 17.0 Å². The number of aromatic hydroxyl groups is 1. The fourth-order valence-electron chi connectivity index (χ4n) is 9.67. The van der Waals surface area contributed by atoms with Crippen molar-refractivity contribution in [1.82, 2.24) is 4.98 Å². The summed E-state index contributed by atoms with van der Waals surface area (Å²) in [6.45, 7) is 16.4. The van der Waals surface area contributed by atoms with Crippen molar-refractivity contribution in [3.63, 3.8) is 0 Å². The van der Waals surface area contributed by atoms with Gasteiger partial charge >= 0.3 is 0 Å². The lowest BCUT2D eigenvalue weighted by atomic mass is 9.35. The summed E-state index contributed by atoms with van der Waals surface area (Å²) in [5, 5.41) is 27.9. The van der Waals surface area contributed by atoms with Gasteiger partial charge in [0.2, 0.25) is 5.78 Å². The molecular formula is C38H42N2O6S. The number of rotatable bonds is 5. The minimum atomic E-state index is -2.60. The van der Waals surface area contributed by atoms with Crippen LogP contribution in [0.3, 0.4) is 0 Å². The molecule has 0 radical (unpaired) electrons. The normalized spacial score (nSPS) is 31.9. The van der Waals surface area contributed by atoms with Gasteiger partial charge in [0, 0.05) is 15.9 Å². The fraction of sp³-hybridized carbons (Fsp3) is 0.447. The summed E-state index contributed by atoms with van der Waals surface area (Å²) in [6, 6.07) is 13.3. The van der Waals surface area contributed by atoms with Crippen molar-refractivity contribution in [2.75, 3.05) is 5.32 Å². The summed E-state index contributed by atoms with van der Waals surface area (Å²) in [5.41, 5.74) is -1.89. The maximum absolute atomic E-state index is 14.8. The average molecular weight is 655 g/mol. The van der Waals surface area contributed by atoms with Gasteiger partial charge in [-0.05, 0) is 61.5 Å². The Morgan fingerprint density at radius 3 is 2.26 bits per heavy atom. The van der Waals surface area contributed by atoms with Crippen LogP contribution in [0.2, 0.25) is 0 Å². The van der Waals surface area contributed by atoms with Gasteiger partial charge in [-0.15, -0.1) is 11.3 Å². The van der Waals surface area contributed by atoms with Crippen molar-refractivity contribution in [2.45, 2.75) is 73.8 Å². The van der Waals surface area contributed by atoms with Crippen LogP contribution < -0.4 is 5.32 Å². The third-order valence-corrected chi connectivity index (χ3v) is 13.0. The van der Waals surface area contributed by atoms with Crippen molar-refractivity contribution < 1.29 is 29.4 Å². The minimum absolute atomic E-state index is 0.00327. The average Bonchev–Trinajstić information content (AvgIpc) is 3.38. The van der Waals surface area contributed by atoms with Crippen LogP contribution in [-0.2, 0) is 14.4 Å². The third kappa shape index (κ3) is 4.11. The molecule has 3 N–H and O–H groups in total. The number of phenolic OH excluding ortho intramolecular Hbond substituents is 1. The number of allylic oxidation sites excluding steroid dienone is 1. The first-order valence-electron chi connectivity index (χ1n) is 16.2. The summed E-state index contributed by atoms with van der Waals surface area (Å²) in [4.78, 5) is 62.2. The zero-order valence-electron chi connectivity index (χ0n) is 28.3. The highest BCUT2D eigenvalue weighted by atomic mass is 32.1. The smallest absolute Gasteiger partial charge is 0.206 e. The molecule has 7 atom stereocenters. The first-order chi connectivity index (χ1) is 21.9. The molecule has 6 rings (SSSR count). The van der Waals surface area contributed by atoms with E-state index in [4.69, 9.17) is 4.98 Å². The summed E-state index contributed by atoms with van der Waals surface area (Å²) >= 11 is 1.41. The van der Waals surface area contributed by atoms with E-state index in [1.54, 1.807) is 19.9 Å². The number of fused-ring (bicyclic) bond motifs is 3. The SMILES string of the molecule is CC(=O)C1=C(C)[C@@H](C(C)C)[C@]2(C)[C@@H](C)[C@@]3(C)C(C(=O)c4c(ccc(Nc5nc(-c6ccccc6)c(C)s5)c4O)[C@@H]3C)C(=O)[C@]2(O)C1=O. The highest BCUT2D eigenvalue weighted by Gasteiger charge is 2.77. The summed E-state index contributed by atoms with van der Waals surface area (Å²) in [5.74, 6) is -6.26. The second-order valence-electron chi connectivity index (χ2n) is 14.5. The number of nitrogens with one attached hydrogen (secondary N) is 1. The van der Waals surface area contributed by atoms with Gasteiger partial charge in [-0.25, -0.2) is 4.98 Å². The largest absolute Gasteiger partial charge is 0.505 e. The second-order valence-corrected chi connectivity index (χ2v) is 15.7. The molecule has 246 valence electrons. The van der Waals surface area contributed by atoms with Crippen LogP contribution in [0, 0.1) is 41.4 Å². The van der Waals surface area contributed by atoms with E-state index in [0.717, 1.165) is 16.1 Å². The standard InChI is InChI=1S/C38H42N2O6S/c1-17(2)28-18(3)26(20(5)41)33(44)38(46)34(45)29-32(43)27-24(19(4)36(29,8)22(7)37(28,38)9)15-16-25(31(27)42)39-35-40-30(21(6)47-35)23-13-11-10-12-14-23/h10-17,19,22,28-29,42,46H,1-9H3,(H,39,40)/t19-,22-,28+,29?,36-,37-,38+/m0/s1. The number of hydrogen-bond donors (Lipinski definition) is 3. The van der Waals surface area contributed by atoms with Crippen molar-refractivity contribution in [2.24, 2.45) is 34.5 Å². The van der Waals surface area contributed by atoms with Crippen LogP contribution in [0.4, 0.5) is 10.8 Å². The predicted octanol–water partition coefficient (Wildman–Crippen LogP) is 7.21. The summed E-state index contributed by atoms with van der Waals surface area (Å²) < 4.78 is 0. The molecule has 2 aromatic carbocycles. The molecule has 0 aliphatic heterocycles. The van der Waals surface area contributed by atoms with Crippen molar-refractivity contribution in [1.29, 1.82) is 0 Å². The van der Waals surface area contributed by atoms with Crippen LogP contribution in [-0.4, -0.2) is 43.9 Å². The maximum Gasteiger partial charge on any atom is 0.206 e. The number of aromatic nitrogens is 1. The van der Waals surface area contributed by atoms with E-state index in [1.165, 1.54) is 18.3 Å². The molecule has 47 heavy (non-hydrogen) atoms. The van der Waals surface area contributed by atoms with Gasteiger partial charge in [0.1, 0.15) is 5.75 Å². The summed E-state index contributed by atoms with van der Waals surface area (Å²) in [6.07, 6.45) is 0. The number of thiazole rings is 1. The van der Waals surface area contributed by atoms with E-state index in [1.807, 2.05) is 77.9 Å². The third-order valence-electron chi connectivity index (χ3n) is 12.1. The van der Waals surface area contributed by atoms with Crippen LogP contribution in [0.15, 0.2) is 53.6 Å². The molecule has 0 amide bonds. The number of ketones is 4. The molecule has 1 unspecified atom stereocenters. The predicted molar refractivity (Wildman–Crippen MR) is 182 cm³/mol. The van der Waals surface area contributed by atoms with E-state index in [0.29, 0.717) is 16.3 Å². The molecule has 0 saturated heterocycles. The molecule has 3 aliphatic rings. The number of anilines is 2. The molecule has 8 nitrogen and oxygen atoms in total. The van der Waals surface area contributed by atoms with E-state index >= 15 is 0 Å². The zero-order chi connectivity index (χ0) is 34.5. The lowest BCUT2D eigenvalue weighted by molar-refractivity contribution is -0.211. The first kappa shape index (κ1) is 33.0. The lowest BCUT2D eigenvalue weighted by Crippen LogP contribution is -2.77. The Kier molecular flexibility index (Phi) is 7.57. The van der Waals surface area contributed by atoms with Gasteiger partial charge in [-0.3, -0.25) is 19.2 Å². The molecule has 1 heterocycles. The number of aliphatic hydroxyl groups is 1. The van der Waals surface area contributed by atoms with Gasteiger partial charge < -0.3 is 15.5 Å². The van der Waals surface area contributed by atoms with Gasteiger partial charge in [0.25, 0.3) is 0 Å².